The molecule has 94 valence electrons. The predicted molar refractivity (Wildman–Crippen MR) is 85.4 cm³/mol. The molecule has 2 aromatic carbocycles. The van der Waals surface area contributed by atoms with E-state index in [9.17, 15) is 0 Å². The van der Waals surface area contributed by atoms with Crippen molar-refractivity contribution in [3.63, 3.8) is 0 Å². The molecule has 2 aromatic rings. The van der Waals surface area contributed by atoms with E-state index in [2.05, 4.69) is 88.2 Å². The third-order valence-corrected chi connectivity index (χ3v) is 4.54. The highest BCUT2D eigenvalue weighted by Crippen LogP contribution is 2.29. The molecule has 0 aliphatic heterocycles. The first-order valence-corrected chi connectivity index (χ1v) is 7.73. The van der Waals surface area contributed by atoms with E-state index in [1.807, 2.05) is 0 Å². The van der Waals surface area contributed by atoms with Gasteiger partial charge in [-0.3, -0.25) is 0 Å². The second-order valence-electron chi connectivity index (χ2n) is 4.65. The zero-order valence-corrected chi connectivity index (χ0v) is 13.8. The second kappa shape index (κ2) is 6.03. The summed E-state index contributed by atoms with van der Waals surface area (Å²) in [5.74, 6) is 0. The van der Waals surface area contributed by atoms with Gasteiger partial charge in [0.25, 0.3) is 0 Å². The van der Waals surface area contributed by atoms with E-state index in [-0.39, 0.29) is 0 Å². The van der Waals surface area contributed by atoms with Crippen LogP contribution in [0.5, 0.6) is 0 Å². The maximum Gasteiger partial charge on any atom is 0.0435 e. The van der Waals surface area contributed by atoms with Crippen molar-refractivity contribution in [3.05, 3.63) is 69.2 Å². The van der Waals surface area contributed by atoms with E-state index in [0.29, 0.717) is 4.83 Å². The number of hydrogen-bond acceptors (Lipinski definition) is 0. The smallest absolute Gasteiger partial charge is 0.0435 e. The zero-order valence-electron chi connectivity index (χ0n) is 10.6. The van der Waals surface area contributed by atoms with Crippen LogP contribution in [0.2, 0.25) is 0 Å². The highest BCUT2D eigenvalue weighted by molar-refractivity contribution is 9.10. The van der Waals surface area contributed by atoms with Crippen molar-refractivity contribution in [2.45, 2.75) is 25.1 Å². The molecule has 0 spiro atoms. The van der Waals surface area contributed by atoms with Gasteiger partial charge in [-0.25, -0.2) is 0 Å². The molecular weight excluding hydrogens is 352 g/mol. The van der Waals surface area contributed by atoms with E-state index < -0.39 is 0 Å². The molecule has 1 atom stereocenters. The van der Waals surface area contributed by atoms with Crippen LogP contribution in [0.15, 0.2) is 46.9 Å². The Hall–Kier alpha value is -0.600. The molecule has 18 heavy (non-hydrogen) atoms. The monoisotopic (exact) mass is 366 g/mol. The largest absolute Gasteiger partial charge is 0.0835 e. The Labute approximate surface area is 126 Å². The van der Waals surface area contributed by atoms with Gasteiger partial charge >= 0.3 is 0 Å². The molecular formula is C16H16Br2. The fraction of sp³-hybridized carbons (Fsp3) is 0.250. The minimum absolute atomic E-state index is 0.367. The molecule has 0 aliphatic carbocycles. The van der Waals surface area contributed by atoms with Crippen LogP contribution in [0.4, 0.5) is 0 Å². The molecule has 0 N–H and O–H groups in total. The standard InChI is InChI=1S/C16H16Br2/c1-11-6-7-14(8-12(11)2)16(18)10-13-4-3-5-15(17)9-13/h3-9,16H,10H2,1-2H3. The summed E-state index contributed by atoms with van der Waals surface area (Å²) in [6, 6.07) is 15.2. The first-order chi connectivity index (χ1) is 8.56. The van der Waals surface area contributed by atoms with Crippen LogP contribution >= 0.6 is 31.9 Å². The van der Waals surface area contributed by atoms with Crippen LogP contribution in [0.25, 0.3) is 0 Å². The Morgan fingerprint density at radius 2 is 1.78 bits per heavy atom. The zero-order chi connectivity index (χ0) is 13.1. The van der Waals surface area contributed by atoms with Gasteiger partial charge in [-0.15, -0.1) is 0 Å². The van der Waals surface area contributed by atoms with E-state index in [0.717, 1.165) is 10.9 Å². The van der Waals surface area contributed by atoms with Crippen LogP contribution in [-0.2, 0) is 6.42 Å². The average molecular weight is 368 g/mol. The molecule has 0 aliphatic rings. The molecule has 0 radical (unpaired) electrons. The molecule has 0 bridgehead atoms. The Morgan fingerprint density at radius 3 is 2.44 bits per heavy atom. The number of alkyl halides is 1. The van der Waals surface area contributed by atoms with E-state index in [4.69, 9.17) is 0 Å². The van der Waals surface area contributed by atoms with Crippen LogP contribution in [0, 0.1) is 13.8 Å². The lowest BCUT2D eigenvalue weighted by molar-refractivity contribution is 0.944. The minimum Gasteiger partial charge on any atom is -0.0835 e. The molecule has 2 heteroatoms. The number of aryl methyl sites for hydroxylation is 2. The average Bonchev–Trinajstić information content (AvgIpc) is 2.32. The van der Waals surface area contributed by atoms with Crippen molar-refractivity contribution in [2.24, 2.45) is 0 Å². The van der Waals surface area contributed by atoms with Gasteiger partial charge in [0.1, 0.15) is 0 Å². The number of benzene rings is 2. The van der Waals surface area contributed by atoms with Crippen LogP contribution in [0.1, 0.15) is 27.1 Å². The van der Waals surface area contributed by atoms with Crippen molar-refractivity contribution in [1.82, 2.24) is 0 Å². The van der Waals surface area contributed by atoms with E-state index in [1.165, 1.54) is 22.3 Å². The van der Waals surface area contributed by atoms with Crippen molar-refractivity contribution in [3.8, 4) is 0 Å². The third-order valence-electron chi connectivity index (χ3n) is 3.20. The maximum atomic E-state index is 3.79. The summed E-state index contributed by atoms with van der Waals surface area (Å²) in [4.78, 5) is 0.367. The van der Waals surface area contributed by atoms with Gasteiger partial charge < -0.3 is 0 Å². The molecule has 0 saturated heterocycles. The summed E-state index contributed by atoms with van der Waals surface area (Å²) in [7, 11) is 0. The lowest BCUT2D eigenvalue weighted by Gasteiger charge is -2.12. The SMILES string of the molecule is Cc1ccc(C(Br)Cc2cccc(Br)c2)cc1C. The van der Waals surface area contributed by atoms with Crippen molar-refractivity contribution >= 4 is 31.9 Å². The van der Waals surface area contributed by atoms with Crippen LogP contribution in [0.3, 0.4) is 0 Å². The molecule has 0 fully saturated rings. The molecule has 1 unspecified atom stereocenters. The third kappa shape index (κ3) is 3.46. The summed E-state index contributed by atoms with van der Waals surface area (Å²) < 4.78 is 1.14. The first-order valence-electron chi connectivity index (χ1n) is 6.02. The molecule has 0 saturated carbocycles. The fourth-order valence-corrected chi connectivity index (χ4v) is 3.05. The number of hydrogen-bond donors (Lipinski definition) is 0. The Kier molecular flexibility index (Phi) is 4.63. The van der Waals surface area contributed by atoms with Gasteiger partial charge in [-0.2, -0.15) is 0 Å². The lowest BCUT2D eigenvalue weighted by Crippen LogP contribution is -1.96. The highest BCUT2D eigenvalue weighted by Gasteiger charge is 2.09. The second-order valence-corrected chi connectivity index (χ2v) is 6.67. The van der Waals surface area contributed by atoms with Crippen molar-refractivity contribution in [1.29, 1.82) is 0 Å². The van der Waals surface area contributed by atoms with Gasteiger partial charge in [-0.1, -0.05) is 62.2 Å². The first kappa shape index (κ1) is 13.8. The number of halogens is 2. The van der Waals surface area contributed by atoms with Crippen molar-refractivity contribution < 1.29 is 0 Å². The molecule has 0 nitrogen and oxygen atoms in total. The Bertz CT molecular complexity index is 547. The van der Waals surface area contributed by atoms with Crippen LogP contribution in [-0.4, -0.2) is 0 Å². The maximum absolute atomic E-state index is 3.79. The normalized spacial score (nSPS) is 12.4. The van der Waals surface area contributed by atoms with E-state index >= 15 is 0 Å². The number of rotatable bonds is 3. The summed E-state index contributed by atoms with van der Waals surface area (Å²) in [5, 5.41) is 0. The van der Waals surface area contributed by atoms with Gasteiger partial charge in [0.15, 0.2) is 0 Å². The molecule has 0 heterocycles. The van der Waals surface area contributed by atoms with Gasteiger partial charge in [0, 0.05) is 9.30 Å². The Morgan fingerprint density at radius 1 is 1.00 bits per heavy atom. The lowest BCUT2D eigenvalue weighted by atomic mass is 10.0. The van der Waals surface area contributed by atoms with Gasteiger partial charge in [-0.05, 0) is 54.7 Å². The summed E-state index contributed by atoms with van der Waals surface area (Å²) in [6.45, 7) is 4.31. The topological polar surface area (TPSA) is 0 Å². The highest BCUT2D eigenvalue weighted by atomic mass is 79.9. The van der Waals surface area contributed by atoms with E-state index in [1.54, 1.807) is 0 Å². The van der Waals surface area contributed by atoms with Gasteiger partial charge in [0.05, 0.1) is 0 Å². The summed E-state index contributed by atoms with van der Waals surface area (Å²) in [5.41, 5.74) is 5.38. The summed E-state index contributed by atoms with van der Waals surface area (Å²) in [6.07, 6.45) is 1.00. The fourth-order valence-electron chi connectivity index (χ4n) is 1.95. The van der Waals surface area contributed by atoms with Crippen molar-refractivity contribution in [2.75, 3.05) is 0 Å². The van der Waals surface area contributed by atoms with Crippen LogP contribution < -0.4 is 0 Å². The quantitative estimate of drug-likeness (QED) is 0.606. The van der Waals surface area contributed by atoms with Gasteiger partial charge in [0.2, 0.25) is 0 Å². The molecule has 2 rings (SSSR count). The summed E-state index contributed by atoms with van der Waals surface area (Å²) >= 11 is 7.30. The minimum atomic E-state index is 0.367. The molecule has 0 amide bonds. The molecule has 0 aromatic heterocycles. The predicted octanol–water partition coefficient (Wildman–Crippen LogP) is 5.74. The Balaban J connectivity index is 2.16.